The molecule has 0 spiro atoms. The first kappa shape index (κ1) is 16.3. The number of rotatable bonds is 7. The zero-order valence-electron chi connectivity index (χ0n) is 14.1. The molecule has 0 aromatic carbocycles. The van der Waals surface area contributed by atoms with Crippen LogP contribution in [-0.2, 0) is 4.74 Å². The molecule has 3 nitrogen and oxygen atoms in total. The first-order chi connectivity index (χ1) is 9.58. The zero-order chi connectivity index (χ0) is 14.7. The second kappa shape index (κ2) is 7.24. The van der Waals surface area contributed by atoms with E-state index in [-0.39, 0.29) is 0 Å². The van der Waals surface area contributed by atoms with Crippen LogP contribution in [0.3, 0.4) is 0 Å². The van der Waals surface area contributed by atoms with Crippen LogP contribution in [0.5, 0.6) is 0 Å². The second-order valence-corrected chi connectivity index (χ2v) is 7.25. The predicted molar refractivity (Wildman–Crippen MR) is 85.0 cm³/mol. The fourth-order valence-corrected chi connectivity index (χ4v) is 4.36. The summed E-state index contributed by atoms with van der Waals surface area (Å²) in [5.41, 5.74) is 0. The summed E-state index contributed by atoms with van der Waals surface area (Å²) < 4.78 is 5.38. The van der Waals surface area contributed by atoms with Gasteiger partial charge in [0.1, 0.15) is 0 Å². The Morgan fingerprint density at radius 3 is 2.50 bits per heavy atom. The highest BCUT2D eigenvalue weighted by atomic mass is 16.5. The first-order valence-corrected chi connectivity index (χ1v) is 8.50. The van der Waals surface area contributed by atoms with Gasteiger partial charge in [0.05, 0.1) is 6.61 Å². The van der Waals surface area contributed by atoms with Crippen molar-refractivity contribution >= 4 is 0 Å². The minimum atomic E-state index is 0.631. The van der Waals surface area contributed by atoms with Gasteiger partial charge in [0.25, 0.3) is 0 Å². The molecule has 0 radical (unpaired) electrons. The van der Waals surface area contributed by atoms with Crippen LogP contribution in [0.4, 0.5) is 0 Å². The lowest BCUT2D eigenvalue weighted by Crippen LogP contribution is -2.59. The minimum Gasteiger partial charge on any atom is -0.383 e. The number of ether oxygens (including phenoxy) is 1. The summed E-state index contributed by atoms with van der Waals surface area (Å²) >= 11 is 0. The van der Waals surface area contributed by atoms with E-state index < -0.39 is 0 Å². The average Bonchev–Trinajstić information content (AvgIpc) is 3.24. The normalized spacial score (nSPS) is 36.3. The van der Waals surface area contributed by atoms with Crippen molar-refractivity contribution in [1.82, 2.24) is 10.2 Å². The van der Waals surface area contributed by atoms with Gasteiger partial charge >= 0.3 is 0 Å². The molecular weight excluding hydrogens is 248 g/mol. The molecule has 20 heavy (non-hydrogen) atoms. The van der Waals surface area contributed by atoms with E-state index in [0.29, 0.717) is 18.1 Å². The molecule has 118 valence electrons. The van der Waals surface area contributed by atoms with E-state index in [2.05, 4.69) is 38.0 Å². The Bertz CT molecular complexity index is 293. The molecule has 2 aliphatic rings. The van der Waals surface area contributed by atoms with Gasteiger partial charge in [-0.3, -0.25) is 4.90 Å². The monoisotopic (exact) mass is 282 g/mol. The van der Waals surface area contributed by atoms with Crippen LogP contribution in [0.15, 0.2) is 0 Å². The molecule has 2 rings (SSSR count). The third kappa shape index (κ3) is 3.75. The van der Waals surface area contributed by atoms with Gasteiger partial charge in [-0.2, -0.15) is 0 Å². The molecule has 2 aliphatic carbocycles. The maximum Gasteiger partial charge on any atom is 0.0589 e. The van der Waals surface area contributed by atoms with Crippen molar-refractivity contribution in [2.24, 2.45) is 17.8 Å². The van der Waals surface area contributed by atoms with Crippen LogP contribution >= 0.6 is 0 Å². The lowest BCUT2D eigenvalue weighted by atomic mass is 9.75. The summed E-state index contributed by atoms with van der Waals surface area (Å²) in [6.45, 7) is 9.22. The Morgan fingerprint density at radius 2 is 1.95 bits per heavy atom. The van der Waals surface area contributed by atoms with Crippen LogP contribution in [-0.4, -0.2) is 50.3 Å². The van der Waals surface area contributed by atoms with Gasteiger partial charge in [-0.05, 0) is 57.4 Å². The standard InChI is InChI=1S/C17H34N2O/c1-12-10-13(2)17(16(11-12)18-4)19(8-9-20-5)14(3)15-6-7-15/h12-18H,6-11H2,1-5H3. The maximum atomic E-state index is 5.38. The largest absolute Gasteiger partial charge is 0.383 e. The molecule has 0 amide bonds. The van der Waals surface area contributed by atoms with Gasteiger partial charge in [0, 0.05) is 31.8 Å². The molecule has 1 N–H and O–H groups in total. The van der Waals surface area contributed by atoms with Crippen molar-refractivity contribution in [3.05, 3.63) is 0 Å². The highest BCUT2D eigenvalue weighted by Gasteiger charge is 2.42. The van der Waals surface area contributed by atoms with E-state index in [1.165, 1.54) is 25.7 Å². The third-order valence-corrected chi connectivity index (χ3v) is 5.56. The lowest BCUT2D eigenvalue weighted by molar-refractivity contribution is 0.0131. The van der Waals surface area contributed by atoms with Crippen LogP contribution in [0.1, 0.15) is 46.5 Å². The fourth-order valence-electron chi connectivity index (χ4n) is 4.36. The molecule has 0 heterocycles. The minimum absolute atomic E-state index is 0.631. The second-order valence-electron chi connectivity index (χ2n) is 7.25. The number of hydrogen-bond donors (Lipinski definition) is 1. The third-order valence-electron chi connectivity index (χ3n) is 5.56. The predicted octanol–water partition coefficient (Wildman–Crippen LogP) is 2.76. The number of hydrogen-bond acceptors (Lipinski definition) is 3. The van der Waals surface area contributed by atoms with Crippen molar-refractivity contribution in [2.45, 2.75) is 64.6 Å². The molecule has 0 aliphatic heterocycles. The van der Waals surface area contributed by atoms with Gasteiger partial charge in [-0.1, -0.05) is 13.8 Å². The van der Waals surface area contributed by atoms with E-state index in [1.54, 1.807) is 0 Å². The van der Waals surface area contributed by atoms with Crippen molar-refractivity contribution in [2.75, 3.05) is 27.3 Å². The quantitative estimate of drug-likeness (QED) is 0.777. The fraction of sp³-hybridized carbons (Fsp3) is 1.00. The molecule has 5 unspecified atom stereocenters. The summed E-state index contributed by atoms with van der Waals surface area (Å²) in [4.78, 5) is 2.76. The van der Waals surface area contributed by atoms with Gasteiger partial charge in [-0.15, -0.1) is 0 Å². The number of nitrogens with zero attached hydrogens (tertiary/aromatic N) is 1. The highest BCUT2D eigenvalue weighted by Crippen LogP contribution is 2.39. The Morgan fingerprint density at radius 1 is 1.25 bits per heavy atom. The van der Waals surface area contributed by atoms with Crippen molar-refractivity contribution < 1.29 is 4.74 Å². The van der Waals surface area contributed by atoms with Gasteiger partial charge < -0.3 is 10.1 Å². The van der Waals surface area contributed by atoms with E-state index in [4.69, 9.17) is 4.74 Å². The van der Waals surface area contributed by atoms with Crippen molar-refractivity contribution in [3.63, 3.8) is 0 Å². The van der Waals surface area contributed by atoms with E-state index in [0.717, 1.165) is 30.9 Å². The molecule has 0 saturated heterocycles. The van der Waals surface area contributed by atoms with Crippen LogP contribution in [0.2, 0.25) is 0 Å². The number of likely N-dealkylation sites (N-methyl/N-ethyl adjacent to an activating group) is 1. The average molecular weight is 282 g/mol. The van der Waals surface area contributed by atoms with E-state index in [9.17, 15) is 0 Å². The van der Waals surface area contributed by atoms with Crippen molar-refractivity contribution in [3.8, 4) is 0 Å². The SMILES string of the molecule is CNC1CC(C)CC(C)C1N(CCOC)C(C)C1CC1. The zero-order valence-corrected chi connectivity index (χ0v) is 14.1. The first-order valence-electron chi connectivity index (χ1n) is 8.50. The van der Waals surface area contributed by atoms with Crippen LogP contribution in [0, 0.1) is 17.8 Å². The van der Waals surface area contributed by atoms with Gasteiger partial charge in [0.15, 0.2) is 0 Å². The van der Waals surface area contributed by atoms with Gasteiger partial charge in [0.2, 0.25) is 0 Å². The van der Waals surface area contributed by atoms with Crippen molar-refractivity contribution in [1.29, 1.82) is 0 Å². The molecule has 3 heteroatoms. The Hall–Kier alpha value is -0.120. The molecule has 2 saturated carbocycles. The summed E-state index contributed by atoms with van der Waals surface area (Å²) in [6.07, 6.45) is 5.52. The molecule has 2 fully saturated rings. The molecule has 5 atom stereocenters. The van der Waals surface area contributed by atoms with E-state index >= 15 is 0 Å². The van der Waals surface area contributed by atoms with E-state index in [1.807, 2.05) is 7.11 Å². The molecule has 0 aromatic heterocycles. The lowest BCUT2D eigenvalue weighted by Gasteiger charge is -2.48. The summed E-state index contributed by atoms with van der Waals surface area (Å²) in [5, 5.41) is 3.60. The molecular formula is C17H34N2O. The molecule has 0 bridgehead atoms. The van der Waals surface area contributed by atoms with Crippen LogP contribution < -0.4 is 5.32 Å². The molecule has 0 aromatic rings. The maximum absolute atomic E-state index is 5.38. The van der Waals surface area contributed by atoms with Gasteiger partial charge in [-0.25, -0.2) is 0 Å². The highest BCUT2D eigenvalue weighted by molar-refractivity contribution is 4.97. The number of methoxy groups -OCH3 is 1. The number of nitrogens with one attached hydrogen (secondary N) is 1. The Kier molecular flexibility index (Phi) is 5.88. The Labute approximate surface area is 125 Å². The summed E-state index contributed by atoms with van der Waals surface area (Å²) in [6, 6.07) is 2.01. The topological polar surface area (TPSA) is 24.5 Å². The van der Waals surface area contributed by atoms with Crippen LogP contribution in [0.25, 0.3) is 0 Å². The Balaban J connectivity index is 2.10. The summed E-state index contributed by atoms with van der Waals surface area (Å²) in [7, 11) is 3.96. The smallest absolute Gasteiger partial charge is 0.0589 e. The summed E-state index contributed by atoms with van der Waals surface area (Å²) in [5.74, 6) is 2.55.